The molecule has 1 atom stereocenters. The van der Waals surface area contributed by atoms with E-state index in [9.17, 15) is 10.1 Å². The number of rotatable bonds is 4. The third-order valence-corrected chi connectivity index (χ3v) is 4.92. The number of methoxy groups -OCH3 is 3. The number of nitrogens with zero attached hydrogens (tertiary/aromatic N) is 2. The predicted octanol–water partition coefficient (Wildman–Crippen LogP) is 0.871. The van der Waals surface area contributed by atoms with E-state index in [0.717, 1.165) is 0 Å². The van der Waals surface area contributed by atoms with Crippen LogP contribution in [0.2, 0.25) is 0 Å². The number of benzene rings is 2. The van der Waals surface area contributed by atoms with Crippen molar-refractivity contribution in [2.45, 2.75) is 5.92 Å². The summed E-state index contributed by atoms with van der Waals surface area (Å²) in [5.41, 5.74) is 7.70. The summed E-state index contributed by atoms with van der Waals surface area (Å²) in [5.74, 6) is 0.801. The summed E-state index contributed by atoms with van der Waals surface area (Å²) in [7, 11) is 4.55. The largest absolute Gasteiger partial charge is 0.493 e. The molecule has 8 nitrogen and oxygen atoms in total. The first-order valence-corrected chi connectivity index (χ1v) is 8.67. The number of ether oxygens (including phenoxy) is 4. The fraction of sp³-hybridized carbons (Fsp3) is 0.190. The van der Waals surface area contributed by atoms with Gasteiger partial charge in [-0.05, 0) is 23.8 Å². The van der Waals surface area contributed by atoms with Crippen molar-refractivity contribution in [2.24, 2.45) is 10.7 Å². The van der Waals surface area contributed by atoms with Crippen LogP contribution in [-0.4, -0.2) is 27.2 Å². The Morgan fingerprint density at radius 2 is 1.83 bits per heavy atom. The van der Waals surface area contributed by atoms with Gasteiger partial charge in [0.2, 0.25) is 11.6 Å². The smallest absolute Gasteiger partial charge is 0.271 e. The Morgan fingerprint density at radius 3 is 2.41 bits per heavy atom. The maximum absolute atomic E-state index is 11.8. The van der Waals surface area contributed by atoms with Gasteiger partial charge in [0.15, 0.2) is 11.5 Å². The summed E-state index contributed by atoms with van der Waals surface area (Å²) < 4.78 is 22.0. The van der Waals surface area contributed by atoms with Crippen molar-refractivity contribution in [1.82, 2.24) is 0 Å². The topological polar surface area (TPSA) is 116 Å². The second-order valence-corrected chi connectivity index (χ2v) is 6.39. The second-order valence-electron chi connectivity index (χ2n) is 6.39. The zero-order valence-corrected chi connectivity index (χ0v) is 16.0. The molecule has 0 aliphatic carbocycles. The highest BCUT2D eigenvalue weighted by atomic mass is 16.5. The molecule has 146 valence electrons. The average molecular weight is 391 g/mol. The Balaban J connectivity index is 2.02. The number of nitrogens with two attached hydrogens (primary N) is 1. The molecule has 0 fully saturated rings. The Bertz CT molecular complexity index is 1220. The summed E-state index contributed by atoms with van der Waals surface area (Å²) in [6, 6.07) is 9.17. The van der Waals surface area contributed by atoms with Crippen LogP contribution in [0, 0.1) is 11.3 Å². The number of hydrogen-bond donors (Lipinski definition) is 1. The minimum Gasteiger partial charge on any atom is -0.493 e. The number of amides is 1. The molecule has 0 saturated carbocycles. The lowest BCUT2D eigenvalue weighted by Gasteiger charge is -2.27. The van der Waals surface area contributed by atoms with Gasteiger partial charge < -0.3 is 24.7 Å². The SMILES string of the molecule is COc1cc(C2C(C#N)=C(N)Oc3c2ccc2c3=CC(=O)N=2)cc(OC)c1OC. The number of fused-ring (bicyclic) bond motifs is 3. The molecule has 0 bridgehead atoms. The van der Waals surface area contributed by atoms with E-state index in [1.165, 1.54) is 27.4 Å². The maximum atomic E-state index is 11.8. The van der Waals surface area contributed by atoms with Gasteiger partial charge in [0.25, 0.3) is 5.91 Å². The average Bonchev–Trinajstić information content (AvgIpc) is 3.12. The molecule has 2 heterocycles. The van der Waals surface area contributed by atoms with Crippen molar-refractivity contribution in [3.05, 3.63) is 57.4 Å². The van der Waals surface area contributed by atoms with Crippen LogP contribution >= 0.6 is 0 Å². The van der Waals surface area contributed by atoms with Gasteiger partial charge in [-0.2, -0.15) is 5.26 Å². The summed E-state index contributed by atoms with van der Waals surface area (Å²) in [5, 5.41) is 10.8. The molecule has 2 aliphatic rings. The summed E-state index contributed by atoms with van der Waals surface area (Å²) in [4.78, 5) is 15.7. The Labute approximate surface area is 166 Å². The highest BCUT2D eigenvalue weighted by Crippen LogP contribution is 2.46. The van der Waals surface area contributed by atoms with Gasteiger partial charge >= 0.3 is 0 Å². The van der Waals surface area contributed by atoms with Gasteiger partial charge in [-0.1, -0.05) is 6.07 Å². The monoisotopic (exact) mass is 391 g/mol. The van der Waals surface area contributed by atoms with Gasteiger partial charge in [-0.15, -0.1) is 0 Å². The lowest BCUT2D eigenvalue weighted by Crippen LogP contribution is -2.31. The van der Waals surface area contributed by atoms with E-state index in [4.69, 9.17) is 24.7 Å². The van der Waals surface area contributed by atoms with Crippen LogP contribution in [0.4, 0.5) is 0 Å². The lowest BCUT2D eigenvalue weighted by atomic mass is 9.83. The van der Waals surface area contributed by atoms with Gasteiger partial charge in [-0.3, -0.25) is 4.79 Å². The maximum Gasteiger partial charge on any atom is 0.271 e. The fourth-order valence-electron chi connectivity index (χ4n) is 3.66. The van der Waals surface area contributed by atoms with Gasteiger partial charge in [0.05, 0.1) is 32.6 Å². The Morgan fingerprint density at radius 1 is 1.14 bits per heavy atom. The molecule has 0 spiro atoms. The van der Waals surface area contributed by atoms with Crippen LogP contribution in [-0.2, 0) is 4.79 Å². The molecule has 2 aliphatic heterocycles. The summed E-state index contributed by atoms with van der Waals surface area (Å²) >= 11 is 0. The molecule has 8 heteroatoms. The first-order valence-electron chi connectivity index (χ1n) is 8.67. The van der Waals surface area contributed by atoms with Crippen molar-refractivity contribution in [3.63, 3.8) is 0 Å². The third-order valence-electron chi connectivity index (χ3n) is 4.92. The third kappa shape index (κ3) is 2.75. The number of nitriles is 1. The molecule has 4 rings (SSSR count). The molecular weight excluding hydrogens is 374 g/mol. The van der Waals surface area contributed by atoms with Crippen molar-refractivity contribution >= 4 is 12.0 Å². The van der Waals surface area contributed by atoms with Crippen molar-refractivity contribution in [2.75, 3.05) is 21.3 Å². The fourth-order valence-corrected chi connectivity index (χ4v) is 3.66. The predicted molar refractivity (Wildman–Crippen MR) is 102 cm³/mol. The molecule has 2 aromatic carbocycles. The number of carbonyl (C=O) groups excluding carboxylic acids is 1. The van der Waals surface area contributed by atoms with Crippen LogP contribution in [0.3, 0.4) is 0 Å². The van der Waals surface area contributed by atoms with Crippen LogP contribution in [0.1, 0.15) is 17.0 Å². The van der Waals surface area contributed by atoms with E-state index in [1.807, 2.05) is 0 Å². The van der Waals surface area contributed by atoms with Crippen molar-refractivity contribution in [3.8, 4) is 29.1 Å². The van der Waals surface area contributed by atoms with E-state index in [-0.39, 0.29) is 17.4 Å². The first kappa shape index (κ1) is 18.4. The van der Waals surface area contributed by atoms with Crippen LogP contribution in [0.15, 0.2) is 40.7 Å². The molecule has 2 aromatic rings. The standard InChI is InChI=1S/C21H17N3O5/c1-26-15-6-10(7-16(27-2)20(15)28-3)18-11-4-5-14-12(8-17(25)24-14)19(11)29-21(23)13(18)9-22/h4-8,18H,23H2,1-3H3. The minimum atomic E-state index is -0.549. The van der Waals surface area contributed by atoms with Gasteiger partial charge in [0.1, 0.15) is 17.4 Å². The molecule has 2 N–H and O–H groups in total. The molecule has 1 amide bonds. The van der Waals surface area contributed by atoms with Crippen molar-refractivity contribution < 1.29 is 23.7 Å². The van der Waals surface area contributed by atoms with Crippen LogP contribution in [0.5, 0.6) is 23.0 Å². The molecule has 0 radical (unpaired) electrons. The van der Waals surface area contributed by atoms with Crippen molar-refractivity contribution in [1.29, 1.82) is 5.26 Å². The highest BCUT2D eigenvalue weighted by Gasteiger charge is 2.33. The highest BCUT2D eigenvalue weighted by molar-refractivity contribution is 6.06. The normalized spacial score (nSPS) is 16.6. The number of allylic oxidation sites excluding steroid dienone is 1. The van der Waals surface area contributed by atoms with Crippen LogP contribution in [0.25, 0.3) is 6.08 Å². The quantitative estimate of drug-likeness (QED) is 0.822. The molecular formula is C21H17N3O5. The molecule has 0 aromatic heterocycles. The summed E-state index contributed by atoms with van der Waals surface area (Å²) in [6.07, 6.45) is 1.39. The Hall–Kier alpha value is -3.99. The summed E-state index contributed by atoms with van der Waals surface area (Å²) in [6.45, 7) is 0. The zero-order valence-electron chi connectivity index (χ0n) is 16.0. The lowest BCUT2D eigenvalue weighted by molar-refractivity contribution is -0.112. The minimum absolute atomic E-state index is 0.0279. The van der Waals surface area contributed by atoms with Gasteiger partial charge in [-0.25, -0.2) is 4.99 Å². The zero-order chi connectivity index (χ0) is 20.7. The Kier molecular flexibility index (Phi) is 4.35. The van der Waals surface area contributed by atoms with E-state index < -0.39 is 5.92 Å². The van der Waals surface area contributed by atoms with E-state index in [2.05, 4.69) is 11.1 Å². The number of hydrogen-bond acceptors (Lipinski definition) is 7. The van der Waals surface area contributed by atoms with Gasteiger partial charge in [0, 0.05) is 16.9 Å². The molecule has 0 saturated heterocycles. The first-order chi connectivity index (χ1) is 14.0. The second kappa shape index (κ2) is 6.87. The van der Waals surface area contributed by atoms with E-state index in [1.54, 1.807) is 24.3 Å². The van der Waals surface area contributed by atoms with E-state index >= 15 is 0 Å². The van der Waals surface area contributed by atoms with Crippen LogP contribution < -0.4 is 35.3 Å². The molecule has 1 unspecified atom stereocenters. The molecule has 29 heavy (non-hydrogen) atoms. The number of carbonyl (C=O) groups is 1. The van der Waals surface area contributed by atoms with E-state index in [0.29, 0.717) is 44.7 Å².